The van der Waals surface area contributed by atoms with Crippen molar-refractivity contribution in [3.05, 3.63) is 29.8 Å². The molecule has 3 rings (SSSR count). The maximum atomic E-state index is 13.0. The molecule has 2 heterocycles. The van der Waals surface area contributed by atoms with Gasteiger partial charge in [0, 0.05) is 51.9 Å². The Morgan fingerprint density at radius 3 is 2.52 bits per heavy atom. The van der Waals surface area contributed by atoms with Crippen molar-refractivity contribution in [2.45, 2.75) is 32.6 Å². The molecule has 0 saturated carbocycles. The number of carbonyl (C=O) groups is 3. The van der Waals surface area contributed by atoms with E-state index < -0.39 is 0 Å². The van der Waals surface area contributed by atoms with Crippen LogP contribution in [0.3, 0.4) is 0 Å². The van der Waals surface area contributed by atoms with E-state index >= 15 is 0 Å². The summed E-state index contributed by atoms with van der Waals surface area (Å²) in [6, 6.07) is 8.03. The number of anilines is 1. The zero-order valence-electron chi connectivity index (χ0n) is 17.7. The number of carbonyl (C=O) groups excluding carboxylic acids is 3. The quantitative estimate of drug-likeness (QED) is 0.784. The van der Waals surface area contributed by atoms with E-state index in [9.17, 15) is 14.4 Å². The van der Waals surface area contributed by atoms with E-state index in [4.69, 9.17) is 0 Å². The Morgan fingerprint density at radius 2 is 1.86 bits per heavy atom. The van der Waals surface area contributed by atoms with Crippen LogP contribution in [0.4, 0.5) is 5.69 Å². The van der Waals surface area contributed by atoms with E-state index in [0.29, 0.717) is 45.2 Å². The minimum Gasteiger partial charge on any atom is -0.358 e. The van der Waals surface area contributed by atoms with Gasteiger partial charge in [-0.05, 0) is 24.0 Å². The Kier molecular flexibility index (Phi) is 6.90. The molecule has 158 valence electrons. The van der Waals surface area contributed by atoms with Gasteiger partial charge in [-0.15, -0.1) is 0 Å². The zero-order valence-corrected chi connectivity index (χ0v) is 17.7. The highest BCUT2D eigenvalue weighted by atomic mass is 16.2. The van der Waals surface area contributed by atoms with Gasteiger partial charge in [-0.2, -0.15) is 0 Å². The average molecular weight is 401 g/mol. The van der Waals surface area contributed by atoms with E-state index in [-0.39, 0.29) is 30.1 Å². The number of para-hydroxylation sites is 1. The van der Waals surface area contributed by atoms with Crippen molar-refractivity contribution in [1.82, 2.24) is 15.1 Å². The minimum absolute atomic E-state index is 0.0122. The van der Waals surface area contributed by atoms with Crippen molar-refractivity contribution in [3.8, 4) is 0 Å². The topological polar surface area (TPSA) is 73.0 Å². The van der Waals surface area contributed by atoms with E-state index in [2.05, 4.69) is 30.1 Å². The summed E-state index contributed by atoms with van der Waals surface area (Å²) in [5, 5.41) is 2.63. The number of likely N-dealkylation sites (N-methyl/N-ethyl adjacent to an activating group) is 1. The van der Waals surface area contributed by atoms with Gasteiger partial charge in [-0.25, -0.2) is 0 Å². The molecule has 29 heavy (non-hydrogen) atoms. The van der Waals surface area contributed by atoms with Crippen LogP contribution in [0.25, 0.3) is 0 Å². The number of hydrogen-bond acceptors (Lipinski definition) is 4. The Hall–Kier alpha value is -2.41. The van der Waals surface area contributed by atoms with Crippen LogP contribution >= 0.6 is 0 Å². The highest BCUT2D eigenvalue weighted by Crippen LogP contribution is 2.34. The van der Waals surface area contributed by atoms with Gasteiger partial charge in [0.15, 0.2) is 0 Å². The van der Waals surface area contributed by atoms with Crippen LogP contribution in [-0.4, -0.2) is 73.8 Å². The maximum Gasteiger partial charge on any atom is 0.233 e. The first kappa shape index (κ1) is 21.3. The molecule has 2 saturated heterocycles. The van der Waals surface area contributed by atoms with Crippen molar-refractivity contribution in [2.24, 2.45) is 5.92 Å². The molecule has 2 unspecified atom stereocenters. The van der Waals surface area contributed by atoms with E-state index in [1.807, 2.05) is 23.1 Å². The summed E-state index contributed by atoms with van der Waals surface area (Å²) in [5.41, 5.74) is 2.11. The molecule has 2 fully saturated rings. The summed E-state index contributed by atoms with van der Waals surface area (Å²) in [4.78, 5) is 43.0. The van der Waals surface area contributed by atoms with E-state index in [1.165, 1.54) is 5.56 Å². The first-order valence-electron chi connectivity index (χ1n) is 10.6. The van der Waals surface area contributed by atoms with Crippen LogP contribution in [0.15, 0.2) is 24.3 Å². The largest absolute Gasteiger partial charge is 0.358 e. The SMILES string of the molecule is CCC(C)c1ccccc1N1CC(C(=O)N2CCN(CC(=O)NC)CC2)CC1=O. The highest BCUT2D eigenvalue weighted by Gasteiger charge is 2.38. The highest BCUT2D eigenvalue weighted by molar-refractivity contribution is 6.01. The van der Waals surface area contributed by atoms with Gasteiger partial charge in [-0.3, -0.25) is 19.3 Å². The fourth-order valence-corrected chi connectivity index (χ4v) is 4.14. The first-order valence-corrected chi connectivity index (χ1v) is 10.6. The second-order valence-corrected chi connectivity index (χ2v) is 8.05. The Balaban J connectivity index is 1.63. The third-order valence-corrected chi connectivity index (χ3v) is 6.18. The molecule has 7 heteroatoms. The molecular weight excluding hydrogens is 368 g/mol. The van der Waals surface area contributed by atoms with Gasteiger partial charge in [-0.1, -0.05) is 32.0 Å². The molecule has 1 aromatic carbocycles. The smallest absolute Gasteiger partial charge is 0.233 e. The van der Waals surface area contributed by atoms with Gasteiger partial charge in [0.25, 0.3) is 0 Å². The lowest BCUT2D eigenvalue weighted by Crippen LogP contribution is -2.52. The van der Waals surface area contributed by atoms with Crippen molar-refractivity contribution >= 4 is 23.4 Å². The molecule has 0 aliphatic carbocycles. The molecular formula is C22H32N4O3. The van der Waals surface area contributed by atoms with Gasteiger partial charge >= 0.3 is 0 Å². The Morgan fingerprint density at radius 1 is 1.17 bits per heavy atom. The van der Waals surface area contributed by atoms with Gasteiger partial charge in [0.1, 0.15) is 0 Å². The molecule has 0 spiro atoms. The maximum absolute atomic E-state index is 13.0. The van der Waals surface area contributed by atoms with Crippen LogP contribution < -0.4 is 10.2 Å². The molecule has 0 bridgehead atoms. The molecule has 2 aliphatic heterocycles. The molecule has 1 N–H and O–H groups in total. The number of benzene rings is 1. The van der Waals surface area contributed by atoms with Crippen LogP contribution in [-0.2, 0) is 14.4 Å². The van der Waals surface area contributed by atoms with Crippen molar-refractivity contribution in [2.75, 3.05) is 51.2 Å². The molecule has 0 aromatic heterocycles. The monoisotopic (exact) mass is 400 g/mol. The van der Waals surface area contributed by atoms with E-state index in [1.54, 1.807) is 11.9 Å². The Labute approximate surface area is 173 Å². The number of piperazine rings is 1. The summed E-state index contributed by atoms with van der Waals surface area (Å²) >= 11 is 0. The zero-order chi connectivity index (χ0) is 21.0. The summed E-state index contributed by atoms with van der Waals surface area (Å²) in [7, 11) is 1.63. The predicted octanol–water partition coefficient (Wildman–Crippen LogP) is 1.44. The van der Waals surface area contributed by atoms with Crippen LogP contribution in [0.1, 0.15) is 38.2 Å². The summed E-state index contributed by atoms with van der Waals surface area (Å²) in [5.74, 6) is 0.140. The van der Waals surface area contributed by atoms with Crippen LogP contribution in [0, 0.1) is 5.92 Å². The normalized spacial score (nSPS) is 21.3. The average Bonchev–Trinajstić information content (AvgIpc) is 3.14. The molecule has 3 amide bonds. The van der Waals surface area contributed by atoms with Gasteiger partial charge in [0.05, 0.1) is 12.5 Å². The predicted molar refractivity (Wildman–Crippen MR) is 113 cm³/mol. The number of nitrogens with one attached hydrogen (secondary N) is 1. The standard InChI is InChI=1S/C22H32N4O3/c1-4-16(2)18-7-5-6-8-19(18)26-14-17(13-21(26)28)22(29)25-11-9-24(10-12-25)15-20(27)23-3/h5-8,16-17H,4,9-15H2,1-3H3,(H,23,27). The van der Waals surface area contributed by atoms with Crippen molar-refractivity contribution < 1.29 is 14.4 Å². The lowest BCUT2D eigenvalue weighted by molar-refractivity contribution is -0.137. The van der Waals surface area contributed by atoms with Gasteiger partial charge < -0.3 is 15.1 Å². The fraction of sp³-hybridized carbons (Fsp3) is 0.591. The molecule has 7 nitrogen and oxygen atoms in total. The fourth-order valence-electron chi connectivity index (χ4n) is 4.14. The second kappa shape index (κ2) is 9.39. The third-order valence-electron chi connectivity index (χ3n) is 6.18. The molecule has 0 radical (unpaired) electrons. The lowest BCUT2D eigenvalue weighted by atomic mass is 9.96. The second-order valence-electron chi connectivity index (χ2n) is 8.05. The Bertz CT molecular complexity index is 758. The number of hydrogen-bond donors (Lipinski definition) is 1. The molecule has 1 aromatic rings. The number of rotatable bonds is 6. The molecule has 2 aliphatic rings. The third kappa shape index (κ3) is 4.78. The van der Waals surface area contributed by atoms with Gasteiger partial charge in [0.2, 0.25) is 17.7 Å². The minimum atomic E-state index is -0.294. The summed E-state index contributed by atoms with van der Waals surface area (Å²) in [6.45, 7) is 7.68. The van der Waals surface area contributed by atoms with Crippen LogP contribution in [0.5, 0.6) is 0 Å². The summed E-state index contributed by atoms with van der Waals surface area (Å²) < 4.78 is 0. The summed E-state index contributed by atoms with van der Waals surface area (Å²) in [6.07, 6.45) is 1.27. The van der Waals surface area contributed by atoms with Crippen molar-refractivity contribution in [1.29, 1.82) is 0 Å². The van der Waals surface area contributed by atoms with Crippen molar-refractivity contribution in [3.63, 3.8) is 0 Å². The number of amides is 3. The van der Waals surface area contributed by atoms with E-state index in [0.717, 1.165) is 12.1 Å². The molecule has 2 atom stereocenters. The first-order chi connectivity index (χ1) is 13.9. The number of nitrogens with zero attached hydrogens (tertiary/aromatic N) is 3. The lowest BCUT2D eigenvalue weighted by Gasteiger charge is -2.35. The van der Waals surface area contributed by atoms with Crippen LogP contribution in [0.2, 0.25) is 0 Å².